The predicted octanol–water partition coefficient (Wildman–Crippen LogP) is 4.29. The third kappa shape index (κ3) is 6.29. The monoisotopic (exact) mass is 356 g/mol. The molecule has 0 unspecified atom stereocenters. The van der Waals surface area contributed by atoms with E-state index in [2.05, 4.69) is 5.32 Å². The maximum absolute atomic E-state index is 14.1. The number of halogens is 2. The van der Waals surface area contributed by atoms with Crippen molar-refractivity contribution in [1.29, 1.82) is 5.26 Å². The van der Waals surface area contributed by atoms with Crippen molar-refractivity contribution in [2.75, 3.05) is 0 Å². The normalized spacial score (nSPS) is 12.2. The molecule has 2 aromatic rings. The smallest absolute Gasteiger partial charge is 0.324 e. The molecule has 3 nitrogen and oxygen atoms in total. The Labute approximate surface area is 152 Å². The predicted molar refractivity (Wildman–Crippen MR) is 96.6 cm³/mol. The molecule has 5 heteroatoms. The van der Waals surface area contributed by atoms with Crippen LogP contribution in [0.15, 0.2) is 60.7 Å². The van der Waals surface area contributed by atoms with E-state index in [0.717, 1.165) is 11.1 Å². The van der Waals surface area contributed by atoms with Gasteiger partial charge in [-0.15, -0.1) is 0 Å². The van der Waals surface area contributed by atoms with E-state index in [1.165, 1.54) is 0 Å². The molecule has 0 bridgehead atoms. The molecule has 136 valence electrons. The molecule has 0 saturated carbocycles. The number of aryl methyl sites for hydroxylation is 2. The van der Waals surface area contributed by atoms with Gasteiger partial charge in [-0.1, -0.05) is 60.7 Å². The first-order valence-electron chi connectivity index (χ1n) is 8.67. The molecule has 0 saturated heterocycles. The van der Waals surface area contributed by atoms with Crippen LogP contribution in [0.1, 0.15) is 30.4 Å². The van der Waals surface area contributed by atoms with Gasteiger partial charge in [0.1, 0.15) is 6.04 Å². The number of benzene rings is 2. The van der Waals surface area contributed by atoms with Crippen LogP contribution in [-0.2, 0) is 17.6 Å². The molecule has 0 aliphatic rings. The summed E-state index contributed by atoms with van der Waals surface area (Å²) in [5, 5.41) is 11.3. The number of hydrogen-bond donors (Lipinski definition) is 1. The van der Waals surface area contributed by atoms with Crippen molar-refractivity contribution < 1.29 is 13.6 Å². The Hall–Kier alpha value is -2.74. The number of carbonyl (C=O) groups excluding carboxylic acids is 1. The van der Waals surface area contributed by atoms with Crippen LogP contribution in [0.5, 0.6) is 0 Å². The van der Waals surface area contributed by atoms with Crippen LogP contribution in [0.2, 0.25) is 0 Å². The fourth-order valence-electron chi connectivity index (χ4n) is 2.66. The average molecular weight is 356 g/mol. The lowest BCUT2D eigenvalue weighted by Gasteiger charge is -2.18. The zero-order chi connectivity index (χ0) is 18.8. The first-order valence-corrected chi connectivity index (χ1v) is 8.67. The van der Waals surface area contributed by atoms with E-state index in [-0.39, 0.29) is 6.42 Å². The first kappa shape index (κ1) is 19.6. The summed E-state index contributed by atoms with van der Waals surface area (Å²) >= 11 is 0. The Morgan fingerprint density at radius 2 is 1.54 bits per heavy atom. The van der Waals surface area contributed by atoms with Crippen molar-refractivity contribution >= 4 is 5.91 Å². The summed E-state index contributed by atoms with van der Waals surface area (Å²) in [5.41, 5.74) is 1.96. The van der Waals surface area contributed by atoms with Crippen LogP contribution in [0, 0.1) is 11.3 Å². The molecule has 1 N–H and O–H groups in total. The number of nitriles is 1. The number of amides is 1. The topological polar surface area (TPSA) is 52.9 Å². The molecule has 0 radical (unpaired) electrons. The number of nitrogens with one attached hydrogen (secondary N) is 1. The molecule has 0 aliphatic heterocycles. The lowest BCUT2D eigenvalue weighted by molar-refractivity contribution is -0.147. The average Bonchev–Trinajstić information content (AvgIpc) is 2.66. The van der Waals surface area contributed by atoms with Gasteiger partial charge in [0.15, 0.2) is 0 Å². The summed E-state index contributed by atoms with van der Waals surface area (Å²) in [5.74, 6) is -4.85. The van der Waals surface area contributed by atoms with Gasteiger partial charge in [-0.3, -0.25) is 4.79 Å². The van der Waals surface area contributed by atoms with Gasteiger partial charge in [-0.25, -0.2) is 0 Å². The van der Waals surface area contributed by atoms with Crippen LogP contribution in [-0.4, -0.2) is 17.9 Å². The van der Waals surface area contributed by atoms with Crippen LogP contribution < -0.4 is 5.32 Å². The van der Waals surface area contributed by atoms with Crippen LogP contribution in [0.3, 0.4) is 0 Å². The number of nitrogens with zero attached hydrogens (tertiary/aromatic N) is 1. The summed E-state index contributed by atoms with van der Waals surface area (Å²) in [6.07, 6.45) is 0.987. The summed E-state index contributed by atoms with van der Waals surface area (Å²) < 4.78 is 28.1. The van der Waals surface area contributed by atoms with Gasteiger partial charge < -0.3 is 5.32 Å². The lowest BCUT2D eigenvalue weighted by atomic mass is 10.0. The SMILES string of the molecule is N#C[C@H](CCc1ccccc1)NC(=O)C(F)(F)CCCc1ccccc1. The Balaban J connectivity index is 1.80. The summed E-state index contributed by atoms with van der Waals surface area (Å²) in [6, 6.07) is 19.7. The molecule has 0 spiro atoms. The van der Waals surface area contributed by atoms with Crippen LogP contribution >= 0.6 is 0 Å². The molecule has 2 aromatic carbocycles. The Morgan fingerprint density at radius 3 is 2.08 bits per heavy atom. The molecule has 0 fully saturated rings. The highest BCUT2D eigenvalue weighted by Crippen LogP contribution is 2.22. The van der Waals surface area contributed by atoms with Gasteiger partial charge in [-0.05, 0) is 36.8 Å². The van der Waals surface area contributed by atoms with Crippen LogP contribution in [0.4, 0.5) is 8.78 Å². The van der Waals surface area contributed by atoms with E-state index < -0.39 is 24.3 Å². The van der Waals surface area contributed by atoms with Crippen LogP contribution in [0.25, 0.3) is 0 Å². The highest BCUT2D eigenvalue weighted by molar-refractivity contribution is 5.83. The second kappa shape index (κ2) is 9.67. The van der Waals surface area contributed by atoms with E-state index in [4.69, 9.17) is 5.26 Å². The second-order valence-corrected chi connectivity index (χ2v) is 6.22. The minimum atomic E-state index is -3.48. The first-order chi connectivity index (χ1) is 12.5. The zero-order valence-electron chi connectivity index (χ0n) is 14.5. The third-order valence-electron chi connectivity index (χ3n) is 4.16. The van der Waals surface area contributed by atoms with Gasteiger partial charge in [0.2, 0.25) is 0 Å². The highest BCUT2D eigenvalue weighted by atomic mass is 19.3. The number of hydrogen-bond acceptors (Lipinski definition) is 2. The third-order valence-corrected chi connectivity index (χ3v) is 4.16. The Morgan fingerprint density at radius 1 is 1.00 bits per heavy atom. The van der Waals surface area contributed by atoms with E-state index in [0.29, 0.717) is 19.3 Å². The minimum Gasteiger partial charge on any atom is -0.335 e. The van der Waals surface area contributed by atoms with E-state index >= 15 is 0 Å². The molecule has 1 atom stereocenters. The molecule has 0 aliphatic carbocycles. The van der Waals surface area contributed by atoms with Gasteiger partial charge in [0, 0.05) is 6.42 Å². The molecule has 26 heavy (non-hydrogen) atoms. The maximum atomic E-state index is 14.1. The molecule has 2 rings (SSSR count). The fourth-order valence-corrected chi connectivity index (χ4v) is 2.66. The molecule has 0 aromatic heterocycles. The number of rotatable bonds is 9. The van der Waals surface area contributed by atoms with Gasteiger partial charge in [0.25, 0.3) is 5.91 Å². The van der Waals surface area contributed by atoms with E-state index in [1.807, 2.05) is 66.7 Å². The van der Waals surface area contributed by atoms with Crippen molar-refractivity contribution in [2.24, 2.45) is 0 Å². The molecule has 0 heterocycles. The number of alkyl halides is 2. The second-order valence-electron chi connectivity index (χ2n) is 6.22. The van der Waals surface area contributed by atoms with E-state index in [9.17, 15) is 13.6 Å². The largest absolute Gasteiger partial charge is 0.335 e. The summed E-state index contributed by atoms with van der Waals surface area (Å²) in [4.78, 5) is 11.9. The van der Waals surface area contributed by atoms with Crippen molar-refractivity contribution in [1.82, 2.24) is 5.32 Å². The molecule has 1 amide bonds. The van der Waals surface area contributed by atoms with Gasteiger partial charge >= 0.3 is 5.92 Å². The van der Waals surface area contributed by atoms with Crippen molar-refractivity contribution in [2.45, 2.75) is 44.1 Å². The van der Waals surface area contributed by atoms with Gasteiger partial charge in [0.05, 0.1) is 6.07 Å². The van der Waals surface area contributed by atoms with E-state index in [1.54, 1.807) is 0 Å². The van der Waals surface area contributed by atoms with Crippen molar-refractivity contribution in [3.8, 4) is 6.07 Å². The Bertz CT molecular complexity index is 727. The standard InChI is InChI=1S/C21H22F2N2O/c22-21(23,15-7-12-17-8-3-1-4-9-17)20(26)25-19(16-24)14-13-18-10-5-2-6-11-18/h1-6,8-11,19H,7,12-15H2,(H,25,26)/t19-/m0/s1. The number of carbonyl (C=O) groups is 1. The van der Waals surface area contributed by atoms with Crippen molar-refractivity contribution in [3.63, 3.8) is 0 Å². The van der Waals surface area contributed by atoms with Crippen molar-refractivity contribution in [3.05, 3.63) is 71.8 Å². The minimum absolute atomic E-state index is 0.200. The molecular weight excluding hydrogens is 334 g/mol. The zero-order valence-corrected chi connectivity index (χ0v) is 14.5. The summed E-state index contributed by atoms with van der Waals surface area (Å²) in [6.45, 7) is 0. The lowest BCUT2D eigenvalue weighted by Crippen LogP contribution is -2.45. The fraction of sp³-hybridized carbons (Fsp3) is 0.333. The maximum Gasteiger partial charge on any atom is 0.324 e. The molecular formula is C21H22F2N2O. The Kier molecular flexibility index (Phi) is 7.28. The summed E-state index contributed by atoms with van der Waals surface area (Å²) in [7, 11) is 0. The van der Waals surface area contributed by atoms with Gasteiger partial charge in [-0.2, -0.15) is 14.0 Å². The highest BCUT2D eigenvalue weighted by Gasteiger charge is 2.38. The quantitative estimate of drug-likeness (QED) is 0.729.